The van der Waals surface area contributed by atoms with Crippen LogP contribution in [0.5, 0.6) is 5.75 Å². The zero-order valence-corrected chi connectivity index (χ0v) is 12.0. The Morgan fingerprint density at radius 2 is 2.10 bits per heavy atom. The number of anilines is 1. The Hall–Kier alpha value is -1.71. The van der Waals surface area contributed by atoms with Crippen molar-refractivity contribution in [3.05, 3.63) is 23.8 Å². The van der Waals surface area contributed by atoms with Gasteiger partial charge in [-0.25, -0.2) is 0 Å². The highest BCUT2D eigenvalue weighted by atomic mass is 16.5. The second kappa shape index (κ2) is 5.00. The molecule has 1 saturated carbocycles. The smallest absolute Gasteiger partial charge is 0.311 e. The summed E-state index contributed by atoms with van der Waals surface area (Å²) in [5.74, 6) is -0.0556. The zero-order valence-electron chi connectivity index (χ0n) is 12.0. The van der Waals surface area contributed by atoms with Gasteiger partial charge in [-0.1, -0.05) is 18.9 Å². The molecule has 0 saturated heterocycles. The molecule has 1 heterocycles. The molecule has 2 aliphatic rings. The summed E-state index contributed by atoms with van der Waals surface area (Å²) in [5.41, 5.74) is 1.95. The quantitative estimate of drug-likeness (QED) is 0.901. The maximum absolute atomic E-state index is 11.8. The maximum atomic E-state index is 11.8. The van der Waals surface area contributed by atoms with Gasteiger partial charge >= 0.3 is 5.97 Å². The molecule has 108 valence electrons. The first-order valence-electron chi connectivity index (χ1n) is 7.27. The van der Waals surface area contributed by atoms with Crippen LogP contribution in [-0.4, -0.2) is 31.3 Å². The predicted octanol–water partition coefficient (Wildman–Crippen LogP) is 2.87. The molecule has 0 aromatic heterocycles. The zero-order chi connectivity index (χ0) is 14.3. The predicted molar refractivity (Wildman–Crippen MR) is 77.5 cm³/mol. The molecule has 4 heteroatoms. The van der Waals surface area contributed by atoms with E-state index in [2.05, 4.69) is 11.9 Å². The summed E-state index contributed by atoms with van der Waals surface area (Å²) in [4.78, 5) is 14.0. The fraction of sp³-hybridized carbons (Fsp3) is 0.562. The van der Waals surface area contributed by atoms with E-state index in [1.165, 1.54) is 6.42 Å². The SMILES string of the molecule is COc1ccc2c(c1)N(C)C1CCCCC1C2C(=O)O. The van der Waals surface area contributed by atoms with E-state index in [-0.39, 0.29) is 11.8 Å². The average Bonchev–Trinajstić information content (AvgIpc) is 2.47. The van der Waals surface area contributed by atoms with Crippen LogP contribution in [0.3, 0.4) is 0 Å². The topological polar surface area (TPSA) is 49.8 Å². The van der Waals surface area contributed by atoms with Crippen LogP contribution in [0.25, 0.3) is 0 Å². The van der Waals surface area contributed by atoms with Gasteiger partial charge in [-0.15, -0.1) is 0 Å². The molecule has 0 radical (unpaired) electrons. The number of fused-ring (bicyclic) bond motifs is 2. The molecule has 1 aromatic rings. The second-order valence-corrected chi connectivity index (χ2v) is 5.87. The van der Waals surface area contributed by atoms with Crippen molar-refractivity contribution in [2.24, 2.45) is 5.92 Å². The first kappa shape index (κ1) is 13.3. The number of rotatable bonds is 2. The third-order valence-electron chi connectivity index (χ3n) is 4.93. The van der Waals surface area contributed by atoms with Gasteiger partial charge in [0.05, 0.1) is 13.0 Å². The molecule has 3 unspecified atom stereocenters. The van der Waals surface area contributed by atoms with Gasteiger partial charge in [0, 0.05) is 24.8 Å². The molecule has 4 nitrogen and oxygen atoms in total. The number of benzene rings is 1. The lowest BCUT2D eigenvalue weighted by Gasteiger charge is -2.47. The molecule has 0 bridgehead atoms. The Bertz CT molecular complexity index is 528. The van der Waals surface area contributed by atoms with Gasteiger partial charge in [0.1, 0.15) is 5.75 Å². The molecule has 1 aliphatic carbocycles. The summed E-state index contributed by atoms with van der Waals surface area (Å²) >= 11 is 0. The molecule has 20 heavy (non-hydrogen) atoms. The van der Waals surface area contributed by atoms with Crippen LogP contribution in [0, 0.1) is 5.92 Å². The first-order valence-corrected chi connectivity index (χ1v) is 7.27. The standard InChI is InChI=1S/C16H21NO3/c1-17-13-6-4-3-5-11(13)15(16(18)19)12-8-7-10(20-2)9-14(12)17/h7-9,11,13,15H,3-6H2,1-2H3,(H,18,19). The number of hydrogen-bond donors (Lipinski definition) is 1. The summed E-state index contributed by atoms with van der Waals surface area (Å²) in [5, 5.41) is 9.69. The molecule has 1 N–H and O–H groups in total. The highest BCUT2D eigenvalue weighted by molar-refractivity contribution is 5.81. The van der Waals surface area contributed by atoms with Crippen LogP contribution in [-0.2, 0) is 4.79 Å². The minimum atomic E-state index is -0.693. The Balaban J connectivity index is 2.11. The second-order valence-electron chi connectivity index (χ2n) is 5.87. The number of carboxylic acid groups (broad SMARTS) is 1. The van der Waals surface area contributed by atoms with Crippen molar-refractivity contribution >= 4 is 11.7 Å². The summed E-state index contributed by atoms with van der Waals surface area (Å²) in [6, 6.07) is 6.10. The van der Waals surface area contributed by atoms with Gasteiger partial charge in [-0.05, 0) is 30.4 Å². The van der Waals surface area contributed by atoms with E-state index in [0.717, 1.165) is 36.3 Å². The van der Waals surface area contributed by atoms with E-state index >= 15 is 0 Å². The van der Waals surface area contributed by atoms with Crippen molar-refractivity contribution in [1.29, 1.82) is 0 Å². The summed E-state index contributed by atoms with van der Waals surface area (Å²) in [6.07, 6.45) is 4.43. The largest absolute Gasteiger partial charge is 0.497 e. The normalized spacial score (nSPS) is 28.5. The average molecular weight is 275 g/mol. The molecule has 1 aliphatic heterocycles. The first-order chi connectivity index (χ1) is 9.63. The molecule has 0 spiro atoms. The lowest BCUT2D eigenvalue weighted by Crippen LogP contribution is -2.48. The Morgan fingerprint density at radius 3 is 2.80 bits per heavy atom. The maximum Gasteiger partial charge on any atom is 0.311 e. The fourth-order valence-electron chi connectivity index (χ4n) is 3.95. The van der Waals surface area contributed by atoms with Crippen molar-refractivity contribution < 1.29 is 14.6 Å². The van der Waals surface area contributed by atoms with Crippen molar-refractivity contribution in [3.63, 3.8) is 0 Å². The van der Waals surface area contributed by atoms with Crippen molar-refractivity contribution in [3.8, 4) is 5.75 Å². The van der Waals surface area contributed by atoms with E-state index in [9.17, 15) is 9.90 Å². The lowest BCUT2D eigenvalue weighted by molar-refractivity contribution is -0.141. The summed E-state index contributed by atoms with van der Waals surface area (Å²) < 4.78 is 5.29. The van der Waals surface area contributed by atoms with Crippen molar-refractivity contribution in [2.45, 2.75) is 37.6 Å². The van der Waals surface area contributed by atoms with Gasteiger partial charge in [-0.2, -0.15) is 0 Å². The van der Waals surface area contributed by atoms with Crippen LogP contribution < -0.4 is 9.64 Å². The highest BCUT2D eigenvalue weighted by Crippen LogP contribution is 2.47. The van der Waals surface area contributed by atoms with Crippen LogP contribution in [0.4, 0.5) is 5.69 Å². The number of aliphatic carboxylic acids is 1. The molecule has 0 amide bonds. The van der Waals surface area contributed by atoms with Gasteiger partial charge in [0.15, 0.2) is 0 Å². The Labute approximate surface area is 119 Å². The minimum Gasteiger partial charge on any atom is -0.497 e. The summed E-state index contributed by atoms with van der Waals surface area (Å²) in [7, 11) is 3.72. The number of methoxy groups -OCH3 is 1. The van der Waals surface area contributed by atoms with Crippen molar-refractivity contribution in [1.82, 2.24) is 0 Å². The van der Waals surface area contributed by atoms with Gasteiger partial charge in [0.25, 0.3) is 0 Å². The lowest BCUT2D eigenvalue weighted by atomic mass is 9.70. The minimum absolute atomic E-state index is 0.229. The number of carbonyl (C=O) groups is 1. The van der Waals surface area contributed by atoms with E-state index in [0.29, 0.717) is 6.04 Å². The molecular weight excluding hydrogens is 254 g/mol. The van der Waals surface area contributed by atoms with Crippen LogP contribution in [0.15, 0.2) is 18.2 Å². The molecule has 1 aromatic carbocycles. The van der Waals surface area contributed by atoms with E-state index in [1.807, 2.05) is 18.2 Å². The number of carboxylic acids is 1. The highest BCUT2D eigenvalue weighted by Gasteiger charge is 2.44. The third-order valence-corrected chi connectivity index (χ3v) is 4.93. The van der Waals surface area contributed by atoms with Gasteiger partial charge < -0.3 is 14.7 Å². The molecule has 3 rings (SSSR count). The van der Waals surface area contributed by atoms with Gasteiger partial charge in [-0.3, -0.25) is 4.79 Å². The van der Waals surface area contributed by atoms with Gasteiger partial charge in [0.2, 0.25) is 0 Å². The van der Waals surface area contributed by atoms with Crippen LogP contribution in [0.1, 0.15) is 37.2 Å². The van der Waals surface area contributed by atoms with Crippen LogP contribution in [0.2, 0.25) is 0 Å². The molecule has 1 fully saturated rings. The molecule has 3 atom stereocenters. The number of nitrogens with zero attached hydrogens (tertiary/aromatic N) is 1. The monoisotopic (exact) mass is 275 g/mol. The van der Waals surface area contributed by atoms with E-state index in [1.54, 1.807) is 7.11 Å². The Kier molecular flexibility index (Phi) is 3.32. The number of ether oxygens (including phenoxy) is 1. The molecular formula is C16H21NO3. The van der Waals surface area contributed by atoms with Crippen LogP contribution >= 0.6 is 0 Å². The fourth-order valence-corrected chi connectivity index (χ4v) is 3.95. The Morgan fingerprint density at radius 1 is 1.35 bits per heavy atom. The third kappa shape index (κ3) is 1.94. The van der Waals surface area contributed by atoms with E-state index in [4.69, 9.17) is 4.74 Å². The number of hydrogen-bond acceptors (Lipinski definition) is 3. The van der Waals surface area contributed by atoms with Crippen molar-refractivity contribution in [2.75, 3.05) is 19.1 Å². The summed E-state index contributed by atoms with van der Waals surface area (Å²) in [6.45, 7) is 0. The van der Waals surface area contributed by atoms with E-state index < -0.39 is 5.97 Å².